The number of hydrogen-bond donors (Lipinski definition) is 1. The molecule has 0 saturated carbocycles. The van der Waals surface area contributed by atoms with E-state index < -0.39 is 6.10 Å². The van der Waals surface area contributed by atoms with Crippen molar-refractivity contribution in [3.05, 3.63) is 11.6 Å². The zero-order valence-corrected chi connectivity index (χ0v) is 9.29. The molecule has 2 heteroatoms. The van der Waals surface area contributed by atoms with E-state index in [-0.39, 0.29) is 17.6 Å². The number of aliphatic hydroxyl groups excluding tert-OH is 1. The van der Waals surface area contributed by atoms with Gasteiger partial charge < -0.3 is 5.11 Å². The summed E-state index contributed by atoms with van der Waals surface area (Å²) in [5.74, 6) is 0.124. The Morgan fingerprint density at radius 3 is 2.71 bits per heavy atom. The largest absolute Gasteiger partial charge is 0.385 e. The molecule has 1 aliphatic carbocycles. The van der Waals surface area contributed by atoms with Gasteiger partial charge in [0.05, 0.1) is 0 Å². The maximum absolute atomic E-state index is 11.8. The summed E-state index contributed by atoms with van der Waals surface area (Å²) in [5.41, 5.74) is 1.28. The minimum absolute atomic E-state index is 0.0347. The highest BCUT2D eigenvalue weighted by Gasteiger charge is 2.28. The second-order valence-electron chi connectivity index (χ2n) is 4.62. The van der Waals surface area contributed by atoms with Crippen molar-refractivity contribution in [2.24, 2.45) is 11.8 Å². The van der Waals surface area contributed by atoms with E-state index >= 15 is 0 Å². The number of aliphatic hydroxyl groups is 1. The van der Waals surface area contributed by atoms with Crippen LogP contribution in [0.2, 0.25) is 0 Å². The molecule has 0 heterocycles. The van der Waals surface area contributed by atoms with E-state index in [0.717, 1.165) is 19.3 Å². The van der Waals surface area contributed by atoms with Gasteiger partial charge in [-0.05, 0) is 32.1 Å². The molecule has 14 heavy (non-hydrogen) atoms. The molecule has 0 spiro atoms. The summed E-state index contributed by atoms with van der Waals surface area (Å²) >= 11 is 0. The molecule has 0 unspecified atom stereocenters. The van der Waals surface area contributed by atoms with E-state index in [9.17, 15) is 9.90 Å². The van der Waals surface area contributed by atoms with E-state index in [1.807, 2.05) is 13.8 Å². The Bertz CT molecular complexity index is 241. The molecular formula is C12H20O2. The zero-order chi connectivity index (χ0) is 10.7. The van der Waals surface area contributed by atoms with Gasteiger partial charge in [-0.15, -0.1) is 0 Å². The Kier molecular flexibility index (Phi) is 3.87. The molecule has 0 bridgehead atoms. The molecule has 0 aromatic carbocycles. The molecule has 0 amide bonds. The van der Waals surface area contributed by atoms with Gasteiger partial charge in [0.2, 0.25) is 0 Å². The van der Waals surface area contributed by atoms with Gasteiger partial charge in [-0.3, -0.25) is 4.79 Å². The lowest BCUT2D eigenvalue weighted by atomic mass is 9.82. The van der Waals surface area contributed by atoms with Crippen LogP contribution in [0.25, 0.3) is 0 Å². The lowest BCUT2D eigenvalue weighted by molar-refractivity contribution is -0.133. The number of allylic oxidation sites excluding steroid dienone is 2. The van der Waals surface area contributed by atoms with Crippen LogP contribution in [-0.2, 0) is 4.79 Å². The monoisotopic (exact) mass is 196 g/mol. The first kappa shape index (κ1) is 11.4. The second kappa shape index (κ2) is 4.74. The van der Waals surface area contributed by atoms with Crippen molar-refractivity contribution in [3.63, 3.8) is 0 Å². The summed E-state index contributed by atoms with van der Waals surface area (Å²) in [6.07, 6.45) is 4.13. The first-order chi connectivity index (χ1) is 6.52. The number of hydrogen-bond acceptors (Lipinski definition) is 2. The van der Waals surface area contributed by atoms with Gasteiger partial charge in [0.15, 0.2) is 5.78 Å². The summed E-state index contributed by atoms with van der Waals surface area (Å²) in [5, 5.41) is 9.66. The molecule has 0 fully saturated rings. The van der Waals surface area contributed by atoms with Crippen molar-refractivity contribution in [2.45, 2.75) is 46.1 Å². The lowest BCUT2D eigenvalue weighted by Gasteiger charge is -2.23. The molecule has 1 aliphatic rings. The molecule has 0 saturated heterocycles. The summed E-state index contributed by atoms with van der Waals surface area (Å²) in [4.78, 5) is 11.8. The van der Waals surface area contributed by atoms with Crippen LogP contribution in [-0.4, -0.2) is 17.0 Å². The SMILES string of the molecule is CC1=CCC[C@H](C(=O)[C@@H](O)C(C)C)C1. The van der Waals surface area contributed by atoms with Crippen molar-refractivity contribution in [3.8, 4) is 0 Å². The van der Waals surface area contributed by atoms with Gasteiger partial charge in [-0.2, -0.15) is 0 Å². The van der Waals surface area contributed by atoms with Gasteiger partial charge in [0.1, 0.15) is 6.10 Å². The van der Waals surface area contributed by atoms with Crippen molar-refractivity contribution < 1.29 is 9.90 Å². The van der Waals surface area contributed by atoms with E-state index in [2.05, 4.69) is 13.0 Å². The lowest BCUT2D eigenvalue weighted by Crippen LogP contribution is -2.33. The van der Waals surface area contributed by atoms with Gasteiger partial charge in [-0.25, -0.2) is 0 Å². The predicted octanol–water partition coefficient (Wildman–Crippen LogP) is 2.32. The normalized spacial score (nSPS) is 24.6. The molecule has 1 N–H and O–H groups in total. The number of carbonyl (C=O) groups is 1. The van der Waals surface area contributed by atoms with Crippen molar-refractivity contribution in [2.75, 3.05) is 0 Å². The Balaban J connectivity index is 2.57. The third-order valence-electron chi connectivity index (χ3n) is 2.90. The Morgan fingerprint density at radius 2 is 2.21 bits per heavy atom. The number of carbonyl (C=O) groups excluding carboxylic acids is 1. The van der Waals surface area contributed by atoms with Crippen LogP contribution in [0.5, 0.6) is 0 Å². The van der Waals surface area contributed by atoms with Gasteiger partial charge in [0, 0.05) is 5.92 Å². The van der Waals surface area contributed by atoms with Crippen molar-refractivity contribution in [1.29, 1.82) is 0 Å². The van der Waals surface area contributed by atoms with Crippen LogP contribution in [0.15, 0.2) is 11.6 Å². The highest BCUT2D eigenvalue weighted by atomic mass is 16.3. The summed E-state index contributed by atoms with van der Waals surface area (Å²) < 4.78 is 0. The third kappa shape index (κ3) is 2.68. The molecule has 2 nitrogen and oxygen atoms in total. The molecule has 0 aromatic heterocycles. The van der Waals surface area contributed by atoms with E-state index in [1.165, 1.54) is 5.57 Å². The Morgan fingerprint density at radius 1 is 1.57 bits per heavy atom. The number of Topliss-reactive ketones (excluding diaryl/α,β-unsaturated/α-hetero) is 1. The molecule has 1 rings (SSSR count). The van der Waals surface area contributed by atoms with E-state index in [1.54, 1.807) is 0 Å². The molecule has 0 aliphatic heterocycles. The van der Waals surface area contributed by atoms with Crippen LogP contribution >= 0.6 is 0 Å². The van der Waals surface area contributed by atoms with Crippen LogP contribution in [0.3, 0.4) is 0 Å². The fourth-order valence-electron chi connectivity index (χ4n) is 1.92. The minimum Gasteiger partial charge on any atom is -0.385 e. The van der Waals surface area contributed by atoms with Crippen molar-refractivity contribution in [1.82, 2.24) is 0 Å². The van der Waals surface area contributed by atoms with E-state index in [0.29, 0.717) is 0 Å². The minimum atomic E-state index is -0.772. The quantitative estimate of drug-likeness (QED) is 0.703. The molecular weight excluding hydrogens is 176 g/mol. The molecule has 0 radical (unpaired) electrons. The third-order valence-corrected chi connectivity index (χ3v) is 2.90. The van der Waals surface area contributed by atoms with Gasteiger partial charge in [0.25, 0.3) is 0 Å². The molecule has 80 valence electrons. The first-order valence-electron chi connectivity index (χ1n) is 5.39. The average molecular weight is 196 g/mol. The summed E-state index contributed by atoms with van der Waals surface area (Å²) in [6.45, 7) is 5.82. The highest BCUT2D eigenvalue weighted by Crippen LogP contribution is 2.26. The average Bonchev–Trinajstić information content (AvgIpc) is 2.15. The maximum Gasteiger partial charge on any atom is 0.164 e. The summed E-state index contributed by atoms with van der Waals surface area (Å²) in [6, 6.07) is 0. The smallest absolute Gasteiger partial charge is 0.164 e. The fourth-order valence-corrected chi connectivity index (χ4v) is 1.92. The highest BCUT2D eigenvalue weighted by molar-refractivity contribution is 5.85. The van der Waals surface area contributed by atoms with Gasteiger partial charge >= 0.3 is 0 Å². The number of rotatable bonds is 3. The predicted molar refractivity (Wildman–Crippen MR) is 56.9 cm³/mol. The van der Waals surface area contributed by atoms with Crippen molar-refractivity contribution >= 4 is 5.78 Å². The molecule has 2 atom stereocenters. The standard InChI is InChI=1S/C12H20O2/c1-8(2)11(13)12(14)10-6-4-5-9(3)7-10/h5,8,10-11,13H,4,6-7H2,1-3H3/t10-,11-/m0/s1. The van der Waals surface area contributed by atoms with Gasteiger partial charge in [-0.1, -0.05) is 25.5 Å². The fraction of sp³-hybridized carbons (Fsp3) is 0.750. The zero-order valence-electron chi connectivity index (χ0n) is 9.29. The first-order valence-corrected chi connectivity index (χ1v) is 5.39. The Hall–Kier alpha value is -0.630. The van der Waals surface area contributed by atoms with E-state index in [4.69, 9.17) is 0 Å². The second-order valence-corrected chi connectivity index (χ2v) is 4.62. The van der Waals surface area contributed by atoms with Crippen LogP contribution in [0.1, 0.15) is 40.0 Å². The summed E-state index contributed by atoms with van der Waals surface area (Å²) in [7, 11) is 0. The molecule has 0 aromatic rings. The Labute approximate surface area is 86.0 Å². The van der Waals surface area contributed by atoms with Crippen LogP contribution in [0, 0.1) is 11.8 Å². The van der Waals surface area contributed by atoms with Crippen LogP contribution in [0.4, 0.5) is 0 Å². The number of ketones is 1. The maximum atomic E-state index is 11.8. The van der Waals surface area contributed by atoms with Crippen LogP contribution < -0.4 is 0 Å². The topological polar surface area (TPSA) is 37.3 Å².